The Kier molecular flexibility index (Phi) is 7.58. The van der Waals surface area contributed by atoms with Crippen molar-refractivity contribution in [1.29, 1.82) is 0 Å². The lowest BCUT2D eigenvalue weighted by atomic mass is 10.1. The van der Waals surface area contributed by atoms with Crippen LogP contribution in [0.1, 0.15) is 22.3 Å². The molecule has 2 rings (SSSR count). The first kappa shape index (κ1) is 18.1. The molecule has 2 aromatic rings. The largest absolute Gasteiger partial charge is 0.492 e. The van der Waals surface area contributed by atoms with Gasteiger partial charge in [0.15, 0.2) is 0 Å². The first-order valence-corrected chi connectivity index (χ1v) is 7.71. The van der Waals surface area contributed by atoms with Crippen molar-refractivity contribution in [1.82, 2.24) is 0 Å². The molecule has 0 aliphatic rings. The van der Waals surface area contributed by atoms with Crippen LogP contribution < -0.4 is 4.74 Å². The van der Waals surface area contributed by atoms with Crippen molar-refractivity contribution in [2.45, 2.75) is 27.2 Å². The van der Waals surface area contributed by atoms with Gasteiger partial charge < -0.3 is 4.74 Å². The van der Waals surface area contributed by atoms with Crippen LogP contribution in [0.3, 0.4) is 0 Å². The van der Waals surface area contributed by atoms with Gasteiger partial charge in [0.25, 0.3) is 0 Å². The number of hydrogen-bond acceptors (Lipinski definition) is 3. The van der Waals surface area contributed by atoms with Crippen LogP contribution in [0.25, 0.3) is 0 Å². The second-order valence-electron chi connectivity index (χ2n) is 5.06. The summed E-state index contributed by atoms with van der Waals surface area (Å²) in [5.74, 6) is 0.951. The molecule has 0 N–H and O–H groups in total. The average molecular weight is 363 g/mol. The maximum absolute atomic E-state index is 8.12. The molecule has 0 amide bonds. The molecule has 0 spiro atoms. The van der Waals surface area contributed by atoms with E-state index in [2.05, 4.69) is 61.0 Å². The highest BCUT2D eigenvalue weighted by Crippen LogP contribution is 2.28. The summed E-state index contributed by atoms with van der Waals surface area (Å²) in [7, 11) is 0. The highest BCUT2D eigenvalue weighted by atomic mass is 79.9. The van der Waals surface area contributed by atoms with E-state index in [1.165, 1.54) is 16.7 Å². The molecular formula is C18H19BrO3. The predicted molar refractivity (Wildman–Crippen MR) is 89.0 cm³/mol. The van der Waals surface area contributed by atoms with Crippen molar-refractivity contribution in [2.24, 2.45) is 0 Å². The van der Waals surface area contributed by atoms with Gasteiger partial charge in [0, 0.05) is 6.42 Å². The first-order valence-electron chi connectivity index (χ1n) is 6.92. The number of carbonyl (C=O) groups excluding carboxylic acids is 2. The third kappa shape index (κ3) is 5.84. The molecule has 0 saturated heterocycles. The van der Waals surface area contributed by atoms with Crippen molar-refractivity contribution in [2.75, 3.05) is 6.61 Å². The van der Waals surface area contributed by atoms with Crippen LogP contribution in [0, 0.1) is 20.8 Å². The topological polar surface area (TPSA) is 43.4 Å². The maximum atomic E-state index is 8.12. The maximum Gasteiger partial charge on any atom is 0.373 e. The molecule has 2 aromatic carbocycles. The molecule has 0 atom stereocenters. The van der Waals surface area contributed by atoms with Crippen LogP contribution >= 0.6 is 15.9 Å². The normalized spacial score (nSPS) is 9.45. The average Bonchev–Trinajstić information content (AvgIpc) is 2.42. The van der Waals surface area contributed by atoms with Crippen molar-refractivity contribution in [3.8, 4) is 5.75 Å². The molecule has 0 radical (unpaired) electrons. The second kappa shape index (κ2) is 9.19. The second-order valence-corrected chi connectivity index (χ2v) is 5.92. The Hall–Kier alpha value is -1.90. The fourth-order valence-corrected chi connectivity index (χ4v) is 2.86. The number of rotatable bonds is 4. The Balaban J connectivity index is 0.000000745. The summed E-state index contributed by atoms with van der Waals surface area (Å²) in [5, 5.41) is 0. The first-order chi connectivity index (χ1) is 10.5. The van der Waals surface area contributed by atoms with Crippen LogP contribution in [0.2, 0.25) is 0 Å². The van der Waals surface area contributed by atoms with E-state index in [1.54, 1.807) is 0 Å². The molecule has 22 heavy (non-hydrogen) atoms. The number of aryl methyl sites for hydroxylation is 3. The Morgan fingerprint density at radius 3 is 2.18 bits per heavy atom. The van der Waals surface area contributed by atoms with E-state index in [4.69, 9.17) is 14.3 Å². The molecule has 0 bridgehead atoms. The van der Waals surface area contributed by atoms with Crippen LogP contribution in [-0.4, -0.2) is 12.8 Å². The Morgan fingerprint density at radius 1 is 1.05 bits per heavy atom. The third-order valence-corrected chi connectivity index (χ3v) is 3.71. The molecule has 116 valence electrons. The molecule has 0 aliphatic carbocycles. The van der Waals surface area contributed by atoms with Crippen LogP contribution in [0.5, 0.6) is 5.75 Å². The standard InChI is InChI=1S/C17H19BrO.CO2/c1-12-9-13(2)11-15(10-12)7-8-19-17-14(3)5-4-6-16(17)18;2-1-3/h4-6,9-11H,7-8H2,1-3H3;. The lowest BCUT2D eigenvalue weighted by Crippen LogP contribution is -2.03. The van der Waals surface area contributed by atoms with Gasteiger partial charge in [0.1, 0.15) is 5.75 Å². The van der Waals surface area contributed by atoms with E-state index in [9.17, 15) is 0 Å². The third-order valence-electron chi connectivity index (χ3n) is 3.08. The van der Waals surface area contributed by atoms with Crippen molar-refractivity contribution in [3.63, 3.8) is 0 Å². The summed E-state index contributed by atoms with van der Waals surface area (Å²) in [5.41, 5.74) is 5.12. The SMILES string of the molecule is Cc1cc(C)cc(CCOc2c(C)cccc2Br)c1.O=C=O. The number of benzene rings is 2. The zero-order valence-electron chi connectivity index (χ0n) is 13.0. The van der Waals surface area contributed by atoms with E-state index in [0.29, 0.717) is 6.61 Å². The summed E-state index contributed by atoms with van der Waals surface area (Å²) >= 11 is 3.53. The van der Waals surface area contributed by atoms with Gasteiger partial charge in [-0.05, 0) is 53.9 Å². The summed E-state index contributed by atoms with van der Waals surface area (Å²) < 4.78 is 6.93. The number of ether oxygens (including phenoxy) is 1. The van der Waals surface area contributed by atoms with Gasteiger partial charge in [-0.15, -0.1) is 0 Å². The van der Waals surface area contributed by atoms with Gasteiger partial charge in [-0.1, -0.05) is 41.5 Å². The summed E-state index contributed by atoms with van der Waals surface area (Å²) in [6.07, 6.45) is 1.18. The van der Waals surface area contributed by atoms with E-state index in [-0.39, 0.29) is 6.15 Å². The summed E-state index contributed by atoms with van der Waals surface area (Å²) in [4.78, 5) is 16.2. The highest BCUT2D eigenvalue weighted by Gasteiger charge is 2.04. The van der Waals surface area contributed by atoms with E-state index in [1.807, 2.05) is 12.1 Å². The van der Waals surface area contributed by atoms with Crippen molar-refractivity contribution >= 4 is 22.1 Å². The minimum Gasteiger partial charge on any atom is -0.492 e. The molecule has 0 aliphatic heterocycles. The van der Waals surface area contributed by atoms with Gasteiger partial charge in [-0.3, -0.25) is 0 Å². The fourth-order valence-electron chi connectivity index (χ4n) is 2.28. The fraction of sp³-hybridized carbons (Fsp3) is 0.278. The summed E-state index contributed by atoms with van der Waals surface area (Å²) in [6, 6.07) is 12.8. The van der Waals surface area contributed by atoms with Gasteiger partial charge in [-0.2, -0.15) is 9.59 Å². The smallest absolute Gasteiger partial charge is 0.373 e. The molecule has 0 unspecified atom stereocenters. The minimum atomic E-state index is 0.250. The molecule has 0 fully saturated rings. The van der Waals surface area contributed by atoms with Gasteiger partial charge in [-0.25, -0.2) is 0 Å². The van der Waals surface area contributed by atoms with Gasteiger partial charge in [0.2, 0.25) is 0 Å². The van der Waals surface area contributed by atoms with Crippen molar-refractivity contribution < 1.29 is 14.3 Å². The lowest BCUT2D eigenvalue weighted by Gasteiger charge is -2.11. The van der Waals surface area contributed by atoms with Crippen LogP contribution in [0.4, 0.5) is 0 Å². The Morgan fingerprint density at radius 2 is 1.64 bits per heavy atom. The monoisotopic (exact) mass is 362 g/mol. The van der Waals surface area contributed by atoms with Crippen molar-refractivity contribution in [3.05, 3.63) is 63.1 Å². The zero-order valence-corrected chi connectivity index (χ0v) is 14.6. The number of hydrogen-bond donors (Lipinski definition) is 0. The predicted octanol–water partition coefficient (Wildman–Crippen LogP) is 4.41. The quantitative estimate of drug-likeness (QED) is 0.808. The summed E-state index contributed by atoms with van der Waals surface area (Å²) in [6.45, 7) is 7.04. The molecule has 0 aromatic heterocycles. The molecule has 0 heterocycles. The van der Waals surface area contributed by atoms with Gasteiger partial charge in [0.05, 0.1) is 11.1 Å². The van der Waals surface area contributed by atoms with E-state index >= 15 is 0 Å². The molecular weight excluding hydrogens is 344 g/mol. The lowest BCUT2D eigenvalue weighted by molar-refractivity contribution is -0.191. The number of halogens is 1. The Labute approximate surface area is 139 Å². The number of para-hydroxylation sites is 1. The van der Waals surface area contributed by atoms with E-state index < -0.39 is 0 Å². The van der Waals surface area contributed by atoms with E-state index in [0.717, 1.165) is 22.2 Å². The Bertz CT molecular complexity index is 619. The molecule has 3 nitrogen and oxygen atoms in total. The molecule has 4 heteroatoms. The highest BCUT2D eigenvalue weighted by molar-refractivity contribution is 9.10. The minimum absolute atomic E-state index is 0.250. The van der Waals surface area contributed by atoms with Crippen LogP contribution in [-0.2, 0) is 16.0 Å². The molecule has 0 saturated carbocycles. The van der Waals surface area contributed by atoms with Gasteiger partial charge >= 0.3 is 6.15 Å². The van der Waals surface area contributed by atoms with Crippen LogP contribution in [0.15, 0.2) is 40.9 Å². The zero-order chi connectivity index (χ0) is 16.5.